The Kier molecular flexibility index (Phi) is 3.23. The average Bonchev–Trinajstić information content (AvgIpc) is 2.18. The third kappa shape index (κ3) is 2.32. The van der Waals surface area contributed by atoms with E-state index in [9.17, 15) is 4.79 Å². The fourth-order valence-electron chi connectivity index (χ4n) is 0.957. The number of carboxylic acids is 1. The van der Waals surface area contributed by atoms with Crippen LogP contribution in [0.5, 0.6) is 0 Å². The lowest BCUT2D eigenvalue weighted by Gasteiger charge is -2.05. The number of rotatable bonds is 4. The number of carboxylic acid groups (broad SMARTS) is 1. The van der Waals surface area contributed by atoms with Gasteiger partial charge < -0.3 is 9.84 Å². The molecule has 0 unspecified atom stereocenters. The maximum Gasteiger partial charge on any atom is 0.354 e. The number of aromatic nitrogens is 1. The molecule has 0 amide bonds. The molecule has 14 heavy (non-hydrogen) atoms. The molecule has 0 spiro atoms. The van der Waals surface area contributed by atoms with E-state index >= 15 is 0 Å². The van der Waals surface area contributed by atoms with Gasteiger partial charge in [0.25, 0.3) is 0 Å². The first-order valence-corrected chi connectivity index (χ1v) is 4.17. The molecule has 0 atom stereocenters. The Morgan fingerprint density at radius 2 is 2.21 bits per heavy atom. The van der Waals surface area contributed by atoms with E-state index in [1.807, 2.05) is 6.92 Å². The SMILES string of the molecule is C=C(OCC)c1cccc(C(=O)O)n1. The van der Waals surface area contributed by atoms with E-state index in [1.165, 1.54) is 6.07 Å². The average molecular weight is 193 g/mol. The number of ether oxygens (including phenoxy) is 1. The Morgan fingerprint density at radius 1 is 1.57 bits per heavy atom. The summed E-state index contributed by atoms with van der Waals surface area (Å²) in [6.07, 6.45) is 0. The first-order valence-electron chi connectivity index (χ1n) is 4.17. The highest BCUT2D eigenvalue weighted by Gasteiger charge is 2.07. The van der Waals surface area contributed by atoms with Crippen LogP contribution in [0, 0.1) is 0 Å². The molecule has 0 aliphatic rings. The van der Waals surface area contributed by atoms with Gasteiger partial charge in [-0.25, -0.2) is 9.78 Å². The molecule has 4 nitrogen and oxygen atoms in total. The third-order valence-electron chi connectivity index (χ3n) is 1.57. The number of hydrogen-bond donors (Lipinski definition) is 1. The van der Waals surface area contributed by atoms with Crippen LogP contribution >= 0.6 is 0 Å². The minimum Gasteiger partial charge on any atom is -0.492 e. The topological polar surface area (TPSA) is 59.4 Å². The largest absolute Gasteiger partial charge is 0.492 e. The van der Waals surface area contributed by atoms with Crippen LogP contribution in [0.15, 0.2) is 24.8 Å². The molecule has 0 aliphatic heterocycles. The van der Waals surface area contributed by atoms with Crippen molar-refractivity contribution in [3.8, 4) is 0 Å². The van der Waals surface area contributed by atoms with Gasteiger partial charge in [-0.3, -0.25) is 0 Å². The Morgan fingerprint density at radius 3 is 2.79 bits per heavy atom. The Balaban J connectivity index is 2.93. The smallest absolute Gasteiger partial charge is 0.354 e. The maximum absolute atomic E-state index is 10.6. The molecule has 1 aromatic rings. The summed E-state index contributed by atoms with van der Waals surface area (Å²) in [4.78, 5) is 14.5. The molecule has 1 heterocycles. The lowest BCUT2D eigenvalue weighted by atomic mass is 10.3. The zero-order valence-corrected chi connectivity index (χ0v) is 7.86. The molecule has 0 aromatic carbocycles. The van der Waals surface area contributed by atoms with Crippen molar-refractivity contribution in [2.24, 2.45) is 0 Å². The second-order valence-electron chi connectivity index (χ2n) is 2.57. The summed E-state index contributed by atoms with van der Waals surface area (Å²) in [5.41, 5.74) is 0.440. The van der Waals surface area contributed by atoms with Crippen molar-refractivity contribution in [1.82, 2.24) is 4.98 Å². The fourth-order valence-corrected chi connectivity index (χ4v) is 0.957. The Bertz CT molecular complexity index is 360. The maximum atomic E-state index is 10.6. The van der Waals surface area contributed by atoms with E-state index in [0.717, 1.165) is 0 Å². The Hall–Kier alpha value is -1.84. The van der Waals surface area contributed by atoms with Crippen LogP contribution in [0.25, 0.3) is 5.76 Å². The second kappa shape index (κ2) is 4.41. The van der Waals surface area contributed by atoms with Crippen molar-refractivity contribution in [2.75, 3.05) is 6.61 Å². The summed E-state index contributed by atoms with van der Waals surface area (Å²) in [6, 6.07) is 4.69. The van der Waals surface area contributed by atoms with Gasteiger partial charge in [-0.2, -0.15) is 0 Å². The summed E-state index contributed by atoms with van der Waals surface area (Å²) >= 11 is 0. The normalized spacial score (nSPS) is 9.50. The van der Waals surface area contributed by atoms with Gasteiger partial charge >= 0.3 is 5.97 Å². The van der Waals surface area contributed by atoms with Gasteiger partial charge in [0.1, 0.15) is 17.1 Å². The first kappa shape index (κ1) is 10.2. The monoisotopic (exact) mass is 193 g/mol. The first-order chi connectivity index (χ1) is 6.65. The minimum absolute atomic E-state index is 0.0108. The van der Waals surface area contributed by atoms with Crippen molar-refractivity contribution in [3.63, 3.8) is 0 Å². The lowest BCUT2D eigenvalue weighted by molar-refractivity contribution is 0.0690. The van der Waals surface area contributed by atoms with Gasteiger partial charge in [-0.05, 0) is 19.1 Å². The number of nitrogens with zero attached hydrogens (tertiary/aromatic N) is 1. The van der Waals surface area contributed by atoms with Crippen LogP contribution < -0.4 is 0 Å². The predicted molar refractivity (Wildman–Crippen MR) is 51.9 cm³/mol. The van der Waals surface area contributed by atoms with E-state index < -0.39 is 5.97 Å². The molecule has 0 saturated heterocycles. The van der Waals surface area contributed by atoms with Gasteiger partial charge in [-0.1, -0.05) is 12.6 Å². The van der Waals surface area contributed by atoms with E-state index in [4.69, 9.17) is 9.84 Å². The Labute approximate surface area is 81.9 Å². The molecule has 1 N–H and O–H groups in total. The van der Waals surface area contributed by atoms with E-state index in [-0.39, 0.29) is 5.69 Å². The third-order valence-corrected chi connectivity index (χ3v) is 1.57. The van der Waals surface area contributed by atoms with Crippen molar-refractivity contribution in [2.45, 2.75) is 6.92 Å². The molecule has 0 fully saturated rings. The zero-order chi connectivity index (χ0) is 10.6. The molecule has 0 bridgehead atoms. The molecule has 0 radical (unpaired) electrons. The highest BCUT2D eigenvalue weighted by atomic mass is 16.5. The van der Waals surface area contributed by atoms with Gasteiger partial charge in [-0.15, -0.1) is 0 Å². The van der Waals surface area contributed by atoms with Gasteiger partial charge in [0.05, 0.1) is 6.61 Å². The van der Waals surface area contributed by atoms with Crippen LogP contribution in [0.3, 0.4) is 0 Å². The van der Waals surface area contributed by atoms with Crippen LogP contribution in [-0.2, 0) is 4.74 Å². The number of carbonyl (C=O) groups is 1. The minimum atomic E-state index is -1.06. The molecule has 0 aliphatic carbocycles. The van der Waals surface area contributed by atoms with Crippen molar-refractivity contribution >= 4 is 11.7 Å². The van der Waals surface area contributed by atoms with Crippen LogP contribution in [0.1, 0.15) is 23.1 Å². The van der Waals surface area contributed by atoms with Crippen molar-refractivity contribution in [1.29, 1.82) is 0 Å². The molecule has 0 saturated carbocycles. The van der Waals surface area contributed by atoms with Gasteiger partial charge in [0.2, 0.25) is 0 Å². The molecule has 74 valence electrons. The standard InChI is InChI=1S/C10H11NO3/c1-3-14-7(2)8-5-4-6-9(11-8)10(12)13/h4-6H,2-3H2,1H3,(H,12,13). The van der Waals surface area contributed by atoms with Crippen molar-refractivity contribution in [3.05, 3.63) is 36.2 Å². The molecule has 1 aromatic heterocycles. The predicted octanol–water partition coefficient (Wildman–Crippen LogP) is 1.79. The highest BCUT2D eigenvalue weighted by Crippen LogP contribution is 2.11. The summed E-state index contributed by atoms with van der Waals surface area (Å²) in [7, 11) is 0. The second-order valence-corrected chi connectivity index (χ2v) is 2.57. The molecule has 4 heteroatoms. The number of aromatic carboxylic acids is 1. The van der Waals surface area contributed by atoms with Gasteiger partial charge in [0.15, 0.2) is 0 Å². The summed E-state index contributed by atoms with van der Waals surface area (Å²) in [5.74, 6) is -0.674. The lowest BCUT2D eigenvalue weighted by Crippen LogP contribution is -2.02. The quantitative estimate of drug-likeness (QED) is 0.740. The highest BCUT2D eigenvalue weighted by molar-refractivity contribution is 5.85. The van der Waals surface area contributed by atoms with Crippen LogP contribution in [0.4, 0.5) is 0 Å². The van der Waals surface area contributed by atoms with E-state index in [0.29, 0.717) is 18.1 Å². The molecular formula is C10H11NO3. The zero-order valence-electron chi connectivity index (χ0n) is 7.86. The summed E-state index contributed by atoms with van der Waals surface area (Å²) in [6.45, 7) is 5.95. The van der Waals surface area contributed by atoms with E-state index in [2.05, 4.69) is 11.6 Å². The fraction of sp³-hybridized carbons (Fsp3) is 0.200. The van der Waals surface area contributed by atoms with E-state index in [1.54, 1.807) is 12.1 Å². The summed E-state index contributed by atoms with van der Waals surface area (Å²) in [5, 5.41) is 8.69. The number of hydrogen-bond acceptors (Lipinski definition) is 3. The molecular weight excluding hydrogens is 182 g/mol. The van der Waals surface area contributed by atoms with Crippen LogP contribution in [-0.4, -0.2) is 22.7 Å². The van der Waals surface area contributed by atoms with Crippen LogP contribution in [0.2, 0.25) is 0 Å². The van der Waals surface area contributed by atoms with Gasteiger partial charge in [0, 0.05) is 0 Å². The van der Waals surface area contributed by atoms with Crippen molar-refractivity contribution < 1.29 is 14.6 Å². The number of pyridine rings is 1. The molecule has 1 rings (SSSR count). The summed E-state index contributed by atoms with van der Waals surface area (Å²) < 4.78 is 5.11.